The van der Waals surface area contributed by atoms with Gasteiger partial charge in [-0.05, 0) is 44.0 Å². The Labute approximate surface area is 215 Å². The highest BCUT2D eigenvalue weighted by Crippen LogP contribution is 2.20. The normalized spacial score (nSPS) is 17.5. The summed E-state index contributed by atoms with van der Waals surface area (Å²) in [5, 5.41) is 3.48. The Hall–Kier alpha value is -2.13. The number of anilines is 1. The van der Waals surface area contributed by atoms with E-state index in [9.17, 15) is 0 Å². The predicted molar refractivity (Wildman–Crippen MR) is 149 cm³/mol. The number of aromatic nitrogens is 1. The van der Waals surface area contributed by atoms with Gasteiger partial charge in [-0.2, -0.15) is 0 Å². The molecule has 0 spiro atoms. The molecule has 2 saturated heterocycles. The first-order chi connectivity index (χ1) is 15.7. The first kappa shape index (κ1) is 25.5. The van der Waals surface area contributed by atoms with Gasteiger partial charge >= 0.3 is 0 Å². The molecule has 0 saturated carbocycles. The van der Waals surface area contributed by atoms with Gasteiger partial charge in [-0.1, -0.05) is 48.0 Å². The number of likely N-dealkylation sites (tertiary alicyclic amines) is 1. The van der Waals surface area contributed by atoms with E-state index in [1.807, 2.05) is 6.20 Å². The van der Waals surface area contributed by atoms with Gasteiger partial charge in [-0.25, -0.2) is 9.98 Å². The van der Waals surface area contributed by atoms with E-state index in [0.29, 0.717) is 6.54 Å². The molecular weight excluding hydrogens is 523 g/mol. The van der Waals surface area contributed by atoms with Gasteiger partial charge in [-0.3, -0.25) is 0 Å². The molecule has 1 aromatic heterocycles. The predicted octanol–water partition coefficient (Wildman–Crippen LogP) is 4.10. The van der Waals surface area contributed by atoms with E-state index in [1.165, 1.54) is 11.1 Å². The van der Waals surface area contributed by atoms with Crippen molar-refractivity contribution in [1.82, 2.24) is 20.1 Å². The molecule has 0 aliphatic carbocycles. The molecule has 0 bridgehead atoms. The van der Waals surface area contributed by atoms with Gasteiger partial charge in [0.25, 0.3) is 0 Å². The quantitative estimate of drug-likeness (QED) is 0.339. The van der Waals surface area contributed by atoms with E-state index in [0.717, 1.165) is 76.0 Å². The Morgan fingerprint density at radius 2 is 1.73 bits per heavy atom. The van der Waals surface area contributed by atoms with Crippen molar-refractivity contribution in [2.75, 3.05) is 57.8 Å². The highest BCUT2D eigenvalue weighted by Gasteiger charge is 2.18. The van der Waals surface area contributed by atoms with Crippen LogP contribution in [0.4, 0.5) is 5.82 Å². The van der Waals surface area contributed by atoms with Crippen LogP contribution >= 0.6 is 24.0 Å². The third-order valence-electron chi connectivity index (χ3n) is 6.26. The Balaban J connectivity index is 0.00000306. The second-order valence-electron chi connectivity index (χ2n) is 8.69. The number of pyridine rings is 1. The zero-order valence-electron chi connectivity index (χ0n) is 19.9. The zero-order valence-corrected chi connectivity index (χ0v) is 22.2. The molecule has 4 rings (SSSR count). The lowest BCUT2D eigenvalue weighted by atomic mass is 10.0. The van der Waals surface area contributed by atoms with Crippen LogP contribution in [0.5, 0.6) is 0 Å². The topological polar surface area (TPSA) is 47.0 Å². The number of aliphatic imine (C=N–C) groups is 1. The third-order valence-corrected chi connectivity index (χ3v) is 6.26. The molecule has 33 heavy (non-hydrogen) atoms. The van der Waals surface area contributed by atoms with Crippen LogP contribution in [-0.2, 0) is 6.54 Å². The molecule has 2 aliphatic heterocycles. The summed E-state index contributed by atoms with van der Waals surface area (Å²) >= 11 is 0. The van der Waals surface area contributed by atoms with Gasteiger partial charge in [0.15, 0.2) is 5.96 Å². The Morgan fingerprint density at radius 1 is 1.00 bits per heavy atom. The third kappa shape index (κ3) is 7.43. The molecule has 7 heteroatoms. The highest BCUT2D eigenvalue weighted by molar-refractivity contribution is 14.0. The maximum absolute atomic E-state index is 4.92. The van der Waals surface area contributed by atoms with E-state index >= 15 is 0 Å². The maximum Gasteiger partial charge on any atom is 0.194 e. The van der Waals surface area contributed by atoms with Crippen molar-refractivity contribution in [1.29, 1.82) is 0 Å². The Kier molecular flexibility index (Phi) is 9.99. The van der Waals surface area contributed by atoms with Crippen LogP contribution in [0, 0.1) is 0 Å². The average Bonchev–Trinajstić information content (AvgIpc) is 2.84. The molecule has 2 aliphatic rings. The van der Waals surface area contributed by atoms with E-state index in [4.69, 9.17) is 9.98 Å². The Morgan fingerprint density at radius 3 is 2.36 bits per heavy atom. The van der Waals surface area contributed by atoms with Gasteiger partial charge in [0.1, 0.15) is 5.82 Å². The van der Waals surface area contributed by atoms with Crippen LogP contribution in [0.2, 0.25) is 0 Å². The van der Waals surface area contributed by atoms with Crippen molar-refractivity contribution in [2.45, 2.75) is 26.3 Å². The smallest absolute Gasteiger partial charge is 0.194 e. The maximum atomic E-state index is 4.92. The van der Waals surface area contributed by atoms with Crippen molar-refractivity contribution in [2.24, 2.45) is 4.99 Å². The molecule has 2 fully saturated rings. The summed E-state index contributed by atoms with van der Waals surface area (Å²) < 4.78 is 0. The SMILES string of the molecule is CCNC(=NCc1ccc(N2CCN(C)CC2)nc1)N1CCC(=Cc2ccccc2)CC1.I. The van der Waals surface area contributed by atoms with E-state index < -0.39 is 0 Å². The lowest BCUT2D eigenvalue weighted by molar-refractivity contribution is 0.312. The van der Waals surface area contributed by atoms with Gasteiger partial charge < -0.3 is 20.0 Å². The minimum absolute atomic E-state index is 0. The summed E-state index contributed by atoms with van der Waals surface area (Å²) in [5.74, 6) is 2.08. The van der Waals surface area contributed by atoms with Crippen LogP contribution in [-0.4, -0.2) is 73.6 Å². The number of halogens is 1. The highest BCUT2D eigenvalue weighted by atomic mass is 127. The standard InChI is InChI=1S/C26H36N6.HI/c1-3-27-26(32-13-11-23(12-14-32)19-22-7-5-4-6-8-22)29-21-24-9-10-25(28-20-24)31-17-15-30(2)16-18-31;/h4-10,19-20H,3,11-18,21H2,1-2H3,(H,27,29);1H. The molecule has 3 heterocycles. The summed E-state index contributed by atoms with van der Waals surface area (Å²) in [6.45, 7) is 9.95. The largest absolute Gasteiger partial charge is 0.357 e. The number of nitrogens with zero attached hydrogens (tertiary/aromatic N) is 5. The molecule has 178 valence electrons. The fourth-order valence-corrected chi connectivity index (χ4v) is 4.26. The number of piperazine rings is 1. The second kappa shape index (κ2) is 12.9. The molecule has 0 atom stereocenters. The van der Waals surface area contributed by atoms with Gasteiger partial charge in [0, 0.05) is 52.0 Å². The number of piperidine rings is 1. The Bertz CT molecular complexity index is 894. The van der Waals surface area contributed by atoms with Gasteiger partial charge in [0.05, 0.1) is 6.54 Å². The van der Waals surface area contributed by atoms with Crippen molar-refractivity contribution >= 4 is 41.8 Å². The van der Waals surface area contributed by atoms with Crippen molar-refractivity contribution in [3.8, 4) is 0 Å². The summed E-state index contributed by atoms with van der Waals surface area (Å²) in [6.07, 6.45) is 6.49. The summed E-state index contributed by atoms with van der Waals surface area (Å²) in [4.78, 5) is 16.7. The van der Waals surface area contributed by atoms with Gasteiger partial charge in [-0.15, -0.1) is 24.0 Å². The van der Waals surface area contributed by atoms with E-state index in [2.05, 4.69) is 82.5 Å². The number of likely N-dealkylation sites (N-methyl/N-ethyl adjacent to an activating group) is 1. The minimum Gasteiger partial charge on any atom is -0.357 e. The second-order valence-corrected chi connectivity index (χ2v) is 8.69. The summed E-state index contributed by atoms with van der Waals surface area (Å²) in [7, 11) is 2.18. The molecule has 0 unspecified atom stereocenters. The first-order valence-corrected chi connectivity index (χ1v) is 11.9. The van der Waals surface area contributed by atoms with Crippen LogP contribution in [0.1, 0.15) is 30.9 Å². The van der Waals surface area contributed by atoms with Crippen molar-refractivity contribution < 1.29 is 0 Å². The van der Waals surface area contributed by atoms with Crippen LogP contribution in [0.3, 0.4) is 0 Å². The number of nitrogens with one attached hydrogen (secondary N) is 1. The number of hydrogen-bond donors (Lipinski definition) is 1. The molecular formula is C26H37IN6. The fourth-order valence-electron chi connectivity index (χ4n) is 4.26. The van der Waals surface area contributed by atoms with Crippen LogP contribution < -0.4 is 10.2 Å². The molecule has 1 N–H and O–H groups in total. The molecule has 1 aromatic carbocycles. The van der Waals surface area contributed by atoms with E-state index in [-0.39, 0.29) is 24.0 Å². The van der Waals surface area contributed by atoms with Crippen molar-refractivity contribution in [3.63, 3.8) is 0 Å². The number of benzene rings is 1. The lowest BCUT2D eigenvalue weighted by Gasteiger charge is -2.33. The van der Waals surface area contributed by atoms with Crippen molar-refractivity contribution in [3.05, 3.63) is 65.4 Å². The summed E-state index contributed by atoms with van der Waals surface area (Å²) in [6, 6.07) is 14.9. The number of guanidine groups is 1. The number of hydrogen-bond acceptors (Lipinski definition) is 4. The van der Waals surface area contributed by atoms with Crippen LogP contribution in [0.25, 0.3) is 6.08 Å². The lowest BCUT2D eigenvalue weighted by Crippen LogP contribution is -2.44. The zero-order chi connectivity index (χ0) is 22.2. The minimum atomic E-state index is 0. The average molecular weight is 561 g/mol. The molecule has 0 radical (unpaired) electrons. The first-order valence-electron chi connectivity index (χ1n) is 11.9. The molecule has 2 aromatic rings. The monoisotopic (exact) mass is 560 g/mol. The van der Waals surface area contributed by atoms with Gasteiger partial charge in [0.2, 0.25) is 0 Å². The molecule has 6 nitrogen and oxygen atoms in total. The molecule has 0 amide bonds. The summed E-state index contributed by atoms with van der Waals surface area (Å²) in [5.41, 5.74) is 3.97. The fraction of sp³-hybridized carbons (Fsp3) is 0.462. The van der Waals surface area contributed by atoms with Crippen LogP contribution in [0.15, 0.2) is 59.2 Å². The number of rotatable bonds is 5. The van der Waals surface area contributed by atoms with E-state index in [1.54, 1.807) is 0 Å².